The number of hydrogen-bond donors (Lipinski definition) is 0. The SMILES string of the molecule is O=c1n(Cc2ccccc2)nc2c(-c3nc(C4CC4)no3)cccn12. The van der Waals surface area contributed by atoms with Crippen LogP contribution in [0, 0.1) is 0 Å². The van der Waals surface area contributed by atoms with Gasteiger partial charge in [0.2, 0.25) is 0 Å². The Hall–Kier alpha value is -3.22. The van der Waals surface area contributed by atoms with Gasteiger partial charge in [-0.05, 0) is 30.5 Å². The van der Waals surface area contributed by atoms with E-state index in [1.54, 1.807) is 12.3 Å². The maximum Gasteiger partial charge on any atom is 0.350 e. The molecule has 0 atom stereocenters. The molecule has 3 aromatic heterocycles. The minimum absolute atomic E-state index is 0.192. The average molecular weight is 333 g/mol. The molecule has 0 unspecified atom stereocenters. The van der Waals surface area contributed by atoms with Gasteiger partial charge in [0.05, 0.1) is 12.1 Å². The van der Waals surface area contributed by atoms with Crippen LogP contribution in [0.4, 0.5) is 0 Å². The van der Waals surface area contributed by atoms with Crippen LogP contribution in [0.25, 0.3) is 17.1 Å². The smallest absolute Gasteiger partial charge is 0.334 e. The van der Waals surface area contributed by atoms with Crippen molar-refractivity contribution in [1.29, 1.82) is 0 Å². The van der Waals surface area contributed by atoms with E-state index >= 15 is 0 Å². The van der Waals surface area contributed by atoms with Gasteiger partial charge in [0.15, 0.2) is 11.5 Å². The van der Waals surface area contributed by atoms with E-state index in [9.17, 15) is 4.79 Å². The fourth-order valence-corrected chi connectivity index (χ4v) is 2.92. The lowest BCUT2D eigenvalue weighted by atomic mass is 10.2. The molecule has 124 valence electrons. The zero-order valence-electron chi connectivity index (χ0n) is 13.4. The van der Waals surface area contributed by atoms with Crippen LogP contribution < -0.4 is 5.69 Å². The second-order valence-corrected chi connectivity index (χ2v) is 6.27. The van der Waals surface area contributed by atoms with E-state index in [-0.39, 0.29) is 5.69 Å². The molecular formula is C18H15N5O2. The molecule has 1 fully saturated rings. The van der Waals surface area contributed by atoms with E-state index < -0.39 is 0 Å². The summed E-state index contributed by atoms with van der Waals surface area (Å²) in [4.78, 5) is 17.1. The summed E-state index contributed by atoms with van der Waals surface area (Å²) in [6, 6.07) is 13.4. The van der Waals surface area contributed by atoms with Gasteiger partial charge in [0.1, 0.15) is 0 Å². The molecule has 0 aliphatic heterocycles. The molecule has 0 bridgehead atoms. The van der Waals surface area contributed by atoms with Gasteiger partial charge in [-0.15, -0.1) is 5.10 Å². The molecule has 4 aromatic rings. The molecule has 1 saturated carbocycles. The number of hydrogen-bond acceptors (Lipinski definition) is 5. The highest BCUT2D eigenvalue weighted by Gasteiger charge is 2.29. The van der Waals surface area contributed by atoms with Gasteiger partial charge >= 0.3 is 5.69 Å². The Morgan fingerprint density at radius 3 is 2.76 bits per heavy atom. The number of rotatable bonds is 4. The lowest BCUT2D eigenvalue weighted by Crippen LogP contribution is -2.21. The minimum atomic E-state index is -0.192. The molecule has 1 aromatic carbocycles. The second-order valence-electron chi connectivity index (χ2n) is 6.27. The summed E-state index contributed by atoms with van der Waals surface area (Å²) in [5.41, 5.74) is 2.02. The molecule has 7 heteroatoms. The Kier molecular flexibility index (Phi) is 3.06. The Morgan fingerprint density at radius 2 is 1.96 bits per heavy atom. The third kappa shape index (κ3) is 2.44. The summed E-state index contributed by atoms with van der Waals surface area (Å²) in [5.74, 6) is 1.56. The highest BCUT2D eigenvalue weighted by Crippen LogP contribution is 2.39. The molecule has 0 N–H and O–H groups in total. The van der Waals surface area contributed by atoms with Crippen molar-refractivity contribution in [1.82, 2.24) is 24.3 Å². The topological polar surface area (TPSA) is 78.2 Å². The zero-order chi connectivity index (χ0) is 16.8. The lowest BCUT2D eigenvalue weighted by Gasteiger charge is -1.98. The van der Waals surface area contributed by atoms with Crippen molar-refractivity contribution in [3.63, 3.8) is 0 Å². The largest absolute Gasteiger partial charge is 0.350 e. The van der Waals surface area contributed by atoms with Crippen molar-refractivity contribution in [2.24, 2.45) is 0 Å². The van der Waals surface area contributed by atoms with Crippen molar-refractivity contribution in [3.8, 4) is 11.5 Å². The van der Waals surface area contributed by atoms with E-state index in [0.717, 1.165) is 24.2 Å². The van der Waals surface area contributed by atoms with Crippen molar-refractivity contribution in [2.45, 2.75) is 25.3 Å². The van der Waals surface area contributed by atoms with Crippen molar-refractivity contribution >= 4 is 5.65 Å². The van der Waals surface area contributed by atoms with Gasteiger partial charge in [-0.3, -0.25) is 0 Å². The molecule has 0 radical (unpaired) electrons. The van der Waals surface area contributed by atoms with Crippen LogP contribution in [0.2, 0.25) is 0 Å². The molecule has 0 spiro atoms. The molecule has 0 amide bonds. The van der Waals surface area contributed by atoms with E-state index in [4.69, 9.17) is 4.52 Å². The molecule has 1 aliphatic rings. The molecule has 7 nitrogen and oxygen atoms in total. The van der Waals surface area contributed by atoms with Gasteiger partial charge in [0.25, 0.3) is 5.89 Å². The molecule has 25 heavy (non-hydrogen) atoms. The van der Waals surface area contributed by atoms with Crippen LogP contribution >= 0.6 is 0 Å². The molecule has 1 aliphatic carbocycles. The van der Waals surface area contributed by atoms with Gasteiger partial charge < -0.3 is 4.52 Å². The Labute approximate surface area is 142 Å². The average Bonchev–Trinajstić information content (AvgIpc) is 3.30. The first-order valence-corrected chi connectivity index (χ1v) is 8.26. The fourth-order valence-electron chi connectivity index (χ4n) is 2.92. The summed E-state index contributed by atoms with van der Waals surface area (Å²) >= 11 is 0. The highest BCUT2D eigenvalue weighted by atomic mass is 16.5. The predicted molar refractivity (Wildman–Crippen MR) is 90.3 cm³/mol. The van der Waals surface area contributed by atoms with Crippen LogP contribution in [-0.4, -0.2) is 24.3 Å². The van der Waals surface area contributed by atoms with E-state index in [0.29, 0.717) is 29.6 Å². The standard InChI is InChI=1S/C18H15N5O2/c24-18-22-10-4-7-14(17-19-15(21-25-17)13-8-9-13)16(22)20-23(18)11-12-5-2-1-3-6-12/h1-7,10,13H,8-9,11H2. The number of aromatic nitrogens is 5. The molecule has 5 rings (SSSR count). The van der Waals surface area contributed by atoms with Crippen LogP contribution in [0.15, 0.2) is 58.0 Å². The van der Waals surface area contributed by atoms with Crippen LogP contribution in [0.3, 0.4) is 0 Å². The summed E-state index contributed by atoms with van der Waals surface area (Å²) < 4.78 is 8.37. The van der Waals surface area contributed by atoms with Crippen LogP contribution in [0.1, 0.15) is 30.1 Å². The Morgan fingerprint density at radius 1 is 1.12 bits per heavy atom. The number of nitrogens with zero attached hydrogens (tertiary/aromatic N) is 5. The highest BCUT2D eigenvalue weighted by molar-refractivity contribution is 5.71. The summed E-state index contributed by atoms with van der Waals surface area (Å²) in [7, 11) is 0. The molecule has 3 heterocycles. The number of benzene rings is 1. The zero-order valence-corrected chi connectivity index (χ0v) is 13.4. The quantitative estimate of drug-likeness (QED) is 0.573. The fraction of sp³-hybridized carbons (Fsp3) is 0.222. The maximum atomic E-state index is 12.6. The van der Waals surface area contributed by atoms with E-state index in [1.807, 2.05) is 36.4 Å². The minimum Gasteiger partial charge on any atom is -0.334 e. The Bertz CT molecular complexity index is 1110. The third-order valence-electron chi connectivity index (χ3n) is 4.40. The number of fused-ring (bicyclic) bond motifs is 1. The monoisotopic (exact) mass is 333 g/mol. The lowest BCUT2D eigenvalue weighted by molar-refractivity contribution is 0.423. The van der Waals surface area contributed by atoms with E-state index in [2.05, 4.69) is 15.2 Å². The van der Waals surface area contributed by atoms with Gasteiger partial charge in [-0.2, -0.15) is 4.98 Å². The molecular weight excluding hydrogens is 318 g/mol. The first-order chi connectivity index (χ1) is 12.3. The third-order valence-corrected chi connectivity index (χ3v) is 4.40. The maximum absolute atomic E-state index is 12.6. The second kappa shape index (κ2) is 5.41. The predicted octanol–water partition coefficient (Wildman–Crippen LogP) is 2.47. The van der Waals surface area contributed by atoms with Gasteiger partial charge in [-0.1, -0.05) is 35.5 Å². The van der Waals surface area contributed by atoms with Crippen molar-refractivity contribution in [2.75, 3.05) is 0 Å². The summed E-state index contributed by atoms with van der Waals surface area (Å²) in [6.45, 7) is 0.415. The first-order valence-electron chi connectivity index (χ1n) is 8.26. The van der Waals surface area contributed by atoms with Gasteiger partial charge in [-0.25, -0.2) is 13.9 Å². The summed E-state index contributed by atoms with van der Waals surface area (Å²) in [5, 5.41) is 8.54. The van der Waals surface area contributed by atoms with Crippen LogP contribution in [-0.2, 0) is 6.54 Å². The van der Waals surface area contributed by atoms with Crippen molar-refractivity contribution < 1.29 is 4.52 Å². The van der Waals surface area contributed by atoms with Crippen molar-refractivity contribution in [3.05, 3.63) is 70.5 Å². The Balaban J connectivity index is 1.60. The van der Waals surface area contributed by atoms with E-state index in [1.165, 1.54) is 9.08 Å². The normalized spacial score (nSPS) is 14.2. The molecule has 0 saturated heterocycles. The van der Waals surface area contributed by atoms with Gasteiger partial charge in [0, 0.05) is 12.1 Å². The number of pyridine rings is 1. The summed E-state index contributed by atoms with van der Waals surface area (Å²) in [6.07, 6.45) is 3.91. The first kappa shape index (κ1) is 14.2. The van der Waals surface area contributed by atoms with Crippen LogP contribution in [0.5, 0.6) is 0 Å².